The summed E-state index contributed by atoms with van der Waals surface area (Å²) in [5, 5.41) is 11.3. The van der Waals surface area contributed by atoms with Crippen LogP contribution < -0.4 is 0 Å². The Bertz CT molecular complexity index is 321. The number of benzene rings is 1. The monoisotopic (exact) mass is 219 g/mol. The van der Waals surface area contributed by atoms with Gasteiger partial charge in [0.05, 0.1) is 0 Å². The SMILES string of the molecule is CC(c1cc(Cl)cc(Cl)c1)[N+](=O)[O-]. The molecule has 0 aliphatic heterocycles. The van der Waals surface area contributed by atoms with E-state index in [-0.39, 0.29) is 4.92 Å². The van der Waals surface area contributed by atoms with Gasteiger partial charge in [0.1, 0.15) is 0 Å². The molecule has 0 aliphatic rings. The molecule has 1 aromatic rings. The van der Waals surface area contributed by atoms with E-state index >= 15 is 0 Å². The molecule has 0 radical (unpaired) electrons. The van der Waals surface area contributed by atoms with E-state index < -0.39 is 6.04 Å². The molecule has 0 heterocycles. The molecule has 0 bridgehead atoms. The van der Waals surface area contributed by atoms with E-state index in [0.29, 0.717) is 15.6 Å². The van der Waals surface area contributed by atoms with Crippen molar-refractivity contribution >= 4 is 23.2 Å². The molecule has 0 fully saturated rings. The van der Waals surface area contributed by atoms with Gasteiger partial charge in [-0.3, -0.25) is 10.1 Å². The van der Waals surface area contributed by atoms with Crippen molar-refractivity contribution < 1.29 is 4.92 Å². The van der Waals surface area contributed by atoms with E-state index in [1.54, 1.807) is 18.2 Å². The first-order valence-electron chi connectivity index (χ1n) is 3.60. The molecule has 1 rings (SSSR count). The minimum atomic E-state index is -0.781. The summed E-state index contributed by atoms with van der Waals surface area (Å²) in [6.45, 7) is 1.49. The minimum Gasteiger partial charge on any atom is -0.264 e. The van der Waals surface area contributed by atoms with E-state index in [1.807, 2.05) is 0 Å². The van der Waals surface area contributed by atoms with Crippen LogP contribution in [0.5, 0.6) is 0 Å². The normalized spacial score (nSPS) is 12.5. The Balaban J connectivity index is 3.07. The van der Waals surface area contributed by atoms with Crippen LogP contribution in [-0.2, 0) is 0 Å². The standard InChI is InChI=1S/C8H7Cl2NO2/c1-5(11(12)13)6-2-7(9)4-8(10)3-6/h2-5H,1H3. The number of hydrogen-bond donors (Lipinski definition) is 0. The van der Waals surface area contributed by atoms with Crippen LogP contribution in [0, 0.1) is 10.1 Å². The second-order valence-corrected chi connectivity index (χ2v) is 3.54. The molecule has 5 heteroatoms. The fourth-order valence-electron chi connectivity index (χ4n) is 0.938. The highest BCUT2D eigenvalue weighted by molar-refractivity contribution is 6.34. The van der Waals surface area contributed by atoms with E-state index in [9.17, 15) is 10.1 Å². The lowest BCUT2D eigenvalue weighted by molar-refractivity contribution is -0.524. The summed E-state index contributed by atoms with van der Waals surface area (Å²) in [6, 6.07) is 3.84. The van der Waals surface area contributed by atoms with Crippen molar-refractivity contribution in [2.24, 2.45) is 0 Å². The predicted octanol–water partition coefficient (Wildman–Crippen LogP) is 3.33. The highest BCUT2D eigenvalue weighted by Gasteiger charge is 2.16. The van der Waals surface area contributed by atoms with Crippen molar-refractivity contribution in [1.29, 1.82) is 0 Å². The zero-order valence-electron chi connectivity index (χ0n) is 6.83. The molecular formula is C8H7Cl2NO2. The quantitative estimate of drug-likeness (QED) is 0.566. The van der Waals surface area contributed by atoms with Crippen molar-refractivity contribution in [3.8, 4) is 0 Å². The molecule has 0 saturated heterocycles. The molecule has 1 aromatic carbocycles. The van der Waals surface area contributed by atoms with E-state index in [0.717, 1.165) is 0 Å². The molecule has 0 saturated carbocycles. The lowest BCUT2D eigenvalue weighted by atomic mass is 10.1. The van der Waals surface area contributed by atoms with Crippen LogP contribution in [0.4, 0.5) is 0 Å². The van der Waals surface area contributed by atoms with Crippen LogP contribution in [0.15, 0.2) is 18.2 Å². The summed E-state index contributed by atoms with van der Waals surface area (Å²) in [5.74, 6) is 0. The molecule has 0 spiro atoms. The Labute approximate surface area is 85.4 Å². The lowest BCUT2D eigenvalue weighted by Crippen LogP contribution is -2.05. The van der Waals surface area contributed by atoms with Crippen LogP contribution in [0.1, 0.15) is 18.5 Å². The first-order chi connectivity index (χ1) is 6.00. The lowest BCUT2D eigenvalue weighted by Gasteiger charge is -2.04. The van der Waals surface area contributed by atoms with Gasteiger partial charge in [-0.15, -0.1) is 0 Å². The van der Waals surface area contributed by atoms with Gasteiger partial charge >= 0.3 is 0 Å². The largest absolute Gasteiger partial charge is 0.264 e. The van der Waals surface area contributed by atoms with Gasteiger partial charge in [-0.2, -0.15) is 0 Å². The number of hydrogen-bond acceptors (Lipinski definition) is 2. The maximum Gasteiger partial charge on any atom is 0.235 e. The minimum absolute atomic E-state index is 0.387. The molecule has 70 valence electrons. The fourth-order valence-corrected chi connectivity index (χ4v) is 1.48. The van der Waals surface area contributed by atoms with Gasteiger partial charge in [0.15, 0.2) is 0 Å². The Morgan fingerprint density at radius 2 is 1.77 bits per heavy atom. The summed E-state index contributed by atoms with van der Waals surface area (Å²) in [7, 11) is 0. The van der Waals surface area contributed by atoms with Crippen LogP contribution in [0.3, 0.4) is 0 Å². The first-order valence-corrected chi connectivity index (χ1v) is 4.36. The van der Waals surface area contributed by atoms with E-state index in [4.69, 9.17) is 23.2 Å². The average Bonchev–Trinajstić information content (AvgIpc) is 2.01. The zero-order chi connectivity index (χ0) is 10.0. The molecule has 1 unspecified atom stereocenters. The maximum atomic E-state index is 10.4. The molecule has 1 atom stereocenters. The Kier molecular flexibility index (Phi) is 3.12. The third kappa shape index (κ3) is 2.57. The summed E-state index contributed by atoms with van der Waals surface area (Å²) in [5.41, 5.74) is 0.516. The summed E-state index contributed by atoms with van der Waals surface area (Å²) >= 11 is 11.4. The van der Waals surface area contributed by atoms with Crippen LogP contribution in [0.25, 0.3) is 0 Å². The molecule has 0 amide bonds. The Hall–Kier alpha value is -0.800. The Morgan fingerprint density at radius 1 is 1.31 bits per heavy atom. The van der Waals surface area contributed by atoms with Crippen LogP contribution in [0.2, 0.25) is 10.0 Å². The third-order valence-corrected chi connectivity index (χ3v) is 2.12. The van der Waals surface area contributed by atoms with Crippen molar-refractivity contribution in [3.63, 3.8) is 0 Å². The fraction of sp³-hybridized carbons (Fsp3) is 0.250. The number of rotatable bonds is 2. The third-order valence-electron chi connectivity index (χ3n) is 1.68. The van der Waals surface area contributed by atoms with Gasteiger partial charge in [-0.05, 0) is 18.2 Å². The molecule has 0 N–H and O–H groups in total. The zero-order valence-corrected chi connectivity index (χ0v) is 8.34. The average molecular weight is 220 g/mol. The van der Waals surface area contributed by atoms with Gasteiger partial charge in [-0.1, -0.05) is 23.2 Å². The number of nitrogens with zero attached hydrogens (tertiary/aromatic N) is 1. The smallest absolute Gasteiger partial charge is 0.235 e. The van der Waals surface area contributed by atoms with Crippen LogP contribution in [-0.4, -0.2) is 4.92 Å². The summed E-state index contributed by atoms with van der Waals surface area (Å²) in [4.78, 5) is 10.1. The molecule has 0 aromatic heterocycles. The van der Waals surface area contributed by atoms with Gasteiger partial charge in [0.2, 0.25) is 6.04 Å². The number of halogens is 2. The topological polar surface area (TPSA) is 43.1 Å². The first kappa shape index (κ1) is 10.3. The van der Waals surface area contributed by atoms with E-state index in [2.05, 4.69) is 0 Å². The van der Waals surface area contributed by atoms with Crippen molar-refractivity contribution in [2.75, 3.05) is 0 Å². The summed E-state index contributed by atoms with van der Waals surface area (Å²) < 4.78 is 0. The van der Waals surface area contributed by atoms with Crippen molar-refractivity contribution in [3.05, 3.63) is 43.9 Å². The second kappa shape index (κ2) is 3.94. The molecule has 0 aliphatic carbocycles. The van der Waals surface area contributed by atoms with Gasteiger partial charge in [0, 0.05) is 27.5 Å². The van der Waals surface area contributed by atoms with Crippen LogP contribution >= 0.6 is 23.2 Å². The van der Waals surface area contributed by atoms with Crippen molar-refractivity contribution in [1.82, 2.24) is 0 Å². The Morgan fingerprint density at radius 3 is 2.15 bits per heavy atom. The summed E-state index contributed by atoms with van der Waals surface area (Å²) in [6.07, 6.45) is 0. The van der Waals surface area contributed by atoms with Gasteiger partial charge in [0.25, 0.3) is 0 Å². The molecule has 13 heavy (non-hydrogen) atoms. The van der Waals surface area contributed by atoms with Gasteiger partial charge < -0.3 is 0 Å². The van der Waals surface area contributed by atoms with Crippen molar-refractivity contribution in [2.45, 2.75) is 13.0 Å². The molecular weight excluding hydrogens is 213 g/mol. The second-order valence-electron chi connectivity index (χ2n) is 2.66. The molecule has 3 nitrogen and oxygen atoms in total. The maximum absolute atomic E-state index is 10.4. The van der Waals surface area contributed by atoms with E-state index in [1.165, 1.54) is 6.92 Å². The predicted molar refractivity (Wildman–Crippen MR) is 51.9 cm³/mol. The highest BCUT2D eigenvalue weighted by atomic mass is 35.5. The number of nitro groups is 1. The van der Waals surface area contributed by atoms with Gasteiger partial charge in [-0.25, -0.2) is 0 Å². The highest BCUT2D eigenvalue weighted by Crippen LogP contribution is 2.24.